The molecule has 1 heterocycles. The van der Waals surface area contributed by atoms with Crippen LogP contribution in [0.4, 0.5) is 0 Å². The number of nitrogens with one attached hydrogen (secondary N) is 1. The molecule has 1 fully saturated rings. The maximum Gasteiger partial charge on any atom is 0.371 e. The zero-order chi connectivity index (χ0) is 21.6. The molecule has 0 aromatic carbocycles. The third kappa shape index (κ3) is 6.02. The average molecular weight is 413 g/mol. The van der Waals surface area contributed by atoms with E-state index in [1.165, 1.54) is 13.3 Å². The number of ether oxygens (including phenoxy) is 1. The van der Waals surface area contributed by atoms with E-state index in [0.717, 1.165) is 25.7 Å². The summed E-state index contributed by atoms with van der Waals surface area (Å²) in [5.41, 5.74) is 0.0743. The van der Waals surface area contributed by atoms with Crippen LogP contribution in [0.15, 0.2) is 23.5 Å². The number of aliphatic hydroxyl groups excluding tert-OH is 4. The molecule has 1 aliphatic heterocycles. The second-order valence-corrected chi connectivity index (χ2v) is 7.68. The molecule has 164 valence electrons. The minimum absolute atomic E-state index is 0.0743. The van der Waals surface area contributed by atoms with E-state index in [0.29, 0.717) is 5.92 Å². The molecule has 5 atom stereocenters. The van der Waals surface area contributed by atoms with Crippen LogP contribution in [0.25, 0.3) is 0 Å². The van der Waals surface area contributed by atoms with Crippen LogP contribution in [0.2, 0.25) is 0 Å². The van der Waals surface area contributed by atoms with E-state index in [-0.39, 0.29) is 12.0 Å². The number of carboxylic acids is 1. The standard InChI is InChI=1S/C20H31NO8/c1-11(23)21-15-16(25)13(9-5-8-12-6-3-2-4-7-12)18(20(27)28)29-19(15)17(26)14(24)10-22/h5,8,12,14-17,19,22,24-26H,2-4,6-7,9-10H2,1H3,(H,21,23)(H,27,28)/b8-5+/t14-,15-,16+,17-,19-/m1/s1. The molecule has 6 N–H and O–H groups in total. The summed E-state index contributed by atoms with van der Waals surface area (Å²) in [6.45, 7) is 0.407. The highest BCUT2D eigenvalue weighted by molar-refractivity contribution is 5.86. The molecular formula is C20H31NO8. The Morgan fingerprint density at radius 2 is 1.90 bits per heavy atom. The maximum atomic E-state index is 11.7. The number of aliphatic hydroxyl groups is 4. The summed E-state index contributed by atoms with van der Waals surface area (Å²) in [4.78, 5) is 23.3. The van der Waals surface area contributed by atoms with Gasteiger partial charge < -0.3 is 35.6 Å². The lowest BCUT2D eigenvalue weighted by Gasteiger charge is -2.40. The van der Waals surface area contributed by atoms with Crippen molar-refractivity contribution in [2.24, 2.45) is 5.92 Å². The summed E-state index contributed by atoms with van der Waals surface area (Å²) in [6, 6.07) is -1.19. The summed E-state index contributed by atoms with van der Waals surface area (Å²) in [6.07, 6.45) is 3.34. The lowest BCUT2D eigenvalue weighted by molar-refractivity contribution is -0.150. The van der Waals surface area contributed by atoms with Gasteiger partial charge in [0.05, 0.1) is 12.6 Å². The van der Waals surface area contributed by atoms with Gasteiger partial charge in [-0.05, 0) is 25.2 Å². The van der Waals surface area contributed by atoms with Crippen LogP contribution in [0.5, 0.6) is 0 Å². The number of allylic oxidation sites excluding steroid dienone is 2. The number of hydrogen-bond acceptors (Lipinski definition) is 7. The molecule has 0 bridgehead atoms. The van der Waals surface area contributed by atoms with Gasteiger partial charge in [0.2, 0.25) is 11.7 Å². The van der Waals surface area contributed by atoms with Crippen LogP contribution in [-0.2, 0) is 14.3 Å². The van der Waals surface area contributed by atoms with E-state index in [1.54, 1.807) is 6.08 Å². The first-order chi connectivity index (χ1) is 13.8. The third-order valence-electron chi connectivity index (χ3n) is 5.47. The van der Waals surface area contributed by atoms with E-state index < -0.39 is 54.7 Å². The second kappa shape index (κ2) is 10.7. The van der Waals surface area contributed by atoms with Gasteiger partial charge >= 0.3 is 5.97 Å². The lowest BCUT2D eigenvalue weighted by atomic mass is 9.86. The van der Waals surface area contributed by atoms with Gasteiger partial charge in [-0.15, -0.1) is 0 Å². The van der Waals surface area contributed by atoms with E-state index in [9.17, 15) is 30.0 Å². The summed E-state index contributed by atoms with van der Waals surface area (Å²) in [5, 5.41) is 51.9. The monoisotopic (exact) mass is 413 g/mol. The zero-order valence-corrected chi connectivity index (χ0v) is 16.5. The number of hydrogen-bond donors (Lipinski definition) is 6. The molecular weight excluding hydrogens is 382 g/mol. The molecule has 0 radical (unpaired) electrons. The lowest BCUT2D eigenvalue weighted by Crippen LogP contribution is -2.61. The van der Waals surface area contributed by atoms with Crippen molar-refractivity contribution in [3.63, 3.8) is 0 Å². The van der Waals surface area contributed by atoms with Crippen molar-refractivity contribution in [3.8, 4) is 0 Å². The second-order valence-electron chi connectivity index (χ2n) is 7.68. The van der Waals surface area contributed by atoms with Crippen molar-refractivity contribution in [2.75, 3.05) is 6.61 Å². The van der Waals surface area contributed by atoms with Crippen molar-refractivity contribution in [1.29, 1.82) is 0 Å². The van der Waals surface area contributed by atoms with E-state index in [1.807, 2.05) is 6.08 Å². The molecule has 1 amide bonds. The van der Waals surface area contributed by atoms with E-state index in [2.05, 4.69) is 5.32 Å². The molecule has 2 aliphatic rings. The Balaban J connectivity index is 2.28. The van der Waals surface area contributed by atoms with Gasteiger partial charge in [-0.3, -0.25) is 4.79 Å². The first-order valence-electron chi connectivity index (χ1n) is 9.98. The number of carbonyl (C=O) groups excluding carboxylic acids is 1. The molecule has 0 aromatic rings. The van der Waals surface area contributed by atoms with Crippen molar-refractivity contribution in [2.45, 2.75) is 75.9 Å². The quantitative estimate of drug-likeness (QED) is 0.300. The smallest absolute Gasteiger partial charge is 0.371 e. The summed E-state index contributed by atoms with van der Waals surface area (Å²) >= 11 is 0. The third-order valence-corrected chi connectivity index (χ3v) is 5.47. The Hall–Kier alpha value is -1.94. The Morgan fingerprint density at radius 3 is 2.45 bits per heavy atom. The first-order valence-corrected chi connectivity index (χ1v) is 9.98. The molecule has 0 unspecified atom stereocenters. The Kier molecular flexibility index (Phi) is 8.63. The van der Waals surface area contributed by atoms with Crippen molar-refractivity contribution in [3.05, 3.63) is 23.5 Å². The van der Waals surface area contributed by atoms with Crippen LogP contribution < -0.4 is 5.32 Å². The van der Waals surface area contributed by atoms with Gasteiger partial charge in [0.15, 0.2) is 6.10 Å². The van der Waals surface area contributed by atoms with Gasteiger partial charge in [-0.2, -0.15) is 0 Å². The van der Waals surface area contributed by atoms with Crippen molar-refractivity contribution >= 4 is 11.9 Å². The fraction of sp³-hybridized carbons (Fsp3) is 0.700. The Labute approximate surface area is 169 Å². The maximum absolute atomic E-state index is 11.7. The van der Waals surface area contributed by atoms with E-state index >= 15 is 0 Å². The van der Waals surface area contributed by atoms with Crippen LogP contribution in [0.1, 0.15) is 45.4 Å². The van der Waals surface area contributed by atoms with Crippen LogP contribution in [0.3, 0.4) is 0 Å². The Morgan fingerprint density at radius 1 is 1.24 bits per heavy atom. The minimum Gasteiger partial charge on any atom is -0.478 e. The summed E-state index contributed by atoms with van der Waals surface area (Å²) < 4.78 is 5.42. The topological polar surface area (TPSA) is 157 Å². The van der Waals surface area contributed by atoms with Crippen LogP contribution in [0, 0.1) is 5.92 Å². The normalized spacial score (nSPS) is 28.1. The fourth-order valence-corrected chi connectivity index (χ4v) is 3.94. The van der Waals surface area contributed by atoms with E-state index in [4.69, 9.17) is 9.84 Å². The van der Waals surface area contributed by atoms with Crippen LogP contribution >= 0.6 is 0 Å². The Bertz CT molecular complexity index is 640. The number of aliphatic carboxylic acids is 1. The molecule has 0 aromatic heterocycles. The summed E-state index contributed by atoms with van der Waals surface area (Å²) in [7, 11) is 0. The SMILES string of the molecule is CC(=O)N[C@H]1[C@H]([C@H](O)[C@H](O)CO)OC(C(=O)O)=C(C/C=C/C2CCCCC2)[C@@H]1O. The number of carbonyl (C=O) groups is 2. The minimum atomic E-state index is -1.72. The molecule has 0 saturated heterocycles. The highest BCUT2D eigenvalue weighted by Gasteiger charge is 2.46. The largest absolute Gasteiger partial charge is 0.478 e. The molecule has 1 aliphatic carbocycles. The number of carboxylic acid groups (broad SMARTS) is 1. The van der Waals surface area contributed by atoms with Gasteiger partial charge in [-0.25, -0.2) is 4.79 Å². The van der Waals surface area contributed by atoms with Gasteiger partial charge in [0.1, 0.15) is 18.3 Å². The molecule has 9 nitrogen and oxygen atoms in total. The highest BCUT2D eigenvalue weighted by Crippen LogP contribution is 2.31. The molecule has 2 rings (SSSR count). The average Bonchev–Trinajstić information content (AvgIpc) is 2.69. The predicted molar refractivity (Wildman–Crippen MR) is 103 cm³/mol. The predicted octanol–water partition coefficient (Wildman–Crippen LogP) is -0.170. The molecule has 29 heavy (non-hydrogen) atoms. The van der Waals surface area contributed by atoms with Gasteiger partial charge in [0, 0.05) is 12.5 Å². The number of rotatable bonds is 8. The first kappa shape index (κ1) is 23.3. The highest BCUT2D eigenvalue weighted by atomic mass is 16.5. The van der Waals surface area contributed by atoms with Crippen LogP contribution in [-0.4, -0.2) is 74.5 Å². The van der Waals surface area contributed by atoms with Crippen molar-refractivity contribution < 1.29 is 39.9 Å². The zero-order valence-electron chi connectivity index (χ0n) is 16.5. The molecule has 1 saturated carbocycles. The number of amides is 1. The summed E-state index contributed by atoms with van der Waals surface area (Å²) in [5.74, 6) is -2.06. The molecule has 0 spiro atoms. The van der Waals surface area contributed by atoms with Crippen molar-refractivity contribution in [1.82, 2.24) is 5.32 Å². The fourth-order valence-electron chi connectivity index (χ4n) is 3.94. The van der Waals surface area contributed by atoms with Gasteiger partial charge in [-0.1, -0.05) is 31.4 Å². The molecule has 9 heteroatoms. The van der Waals surface area contributed by atoms with Gasteiger partial charge in [0.25, 0.3) is 0 Å².